The summed E-state index contributed by atoms with van der Waals surface area (Å²) in [6.45, 7) is 0.721. The number of amides is 1. The molecule has 4 nitrogen and oxygen atoms in total. The molecule has 1 aromatic heterocycles. The van der Waals surface area contributed by atoms with Crippen LogP contribution in [-0.4, -0.2) is 10.9 Å². The minimum Gasteiger partial charge on any atom is -0.381 e. The van der Waals surface area contributed by atoms with Crippen LogP contribution in [0.15, 0.2) is 73.1 Å². The SMILES string of the molecule is O=C(Nc1ccc(NCc2ccncc2)cc1)c1ccc(Cl)cc1. The van der Waals surface area contributed by atoms with E-state index in [0.29, 0.717) is 10.6 Å². The summed E-state index contributed by atoms with van der Waals surface area (Å²) in [5, 5.41) is 6.79. The first-order valence-electron chi connectivity index (χ1n) is 7.50. The lowest BCUT2D eigenvalue weighted by molar-refractivity contribution is 0.102. The van der Waals surface area contributed by atoms with Crippen LogP contribution in [0.4, 0.5) is 11.4 Å². The van der Waals surface area contributed by atoms with Gasteiger partial charge < -0.3 is 10.6 Å². The molecule has 24 heavy (non-hydrogen) atoms. The third-order valence-corrected chi connectivity index (χ3v) is 3.75. The molecular weight excluding hydrogens is 322 g/mol. The Kier molecular flexibility index (Phi) is 5.08. The number of nitrogens with one attached hydrogen (secondary N) is 2. The Hall–Kier alpha value is -2.85. The van der Waals surface area contributed by atoms with Crippen molar-refractivity contribution >= 4 is 28.9 Å². The minimum absolute atomic E-state index is 0.163. The van der Waals surface area contributed by atoms with E-state index in [9.17, 15) is 4.79 Å². The molecular formula is C19H16ClN3O. The highest BCUT2D eigenvalue weighted by molar-refractivity contribution is 6.30. The Morgan fingerprint density at radius 2 is 1.50 bits per heavy atom. The fourth-order valence-corrected chi connectivity index (χ4v) is 2.31. The van der Waals surface area contributed by atoms with Gasteiger partial charge >= 0.3 is 0 Å². The maximum atomic E-state index is 12.1. The molecule has 0 saturated heterocycles. The Morgan fingerprint density at radius 3 is 2.17 bits per heavy atom. The van der Waals surface area contributed by atoms with E-state index in [0.717, 1.165) is 23.5 Å². The number of hydrogen-bond acceptors (Lipinski definition) is 3. The Labute approximate surface area is 145 Å². The highest BCUT2D eigenvalue weighted by Gasteiger charge is 2.05. The fraction of sp³-hybridized carbons (Fsp3) is 0.0526. The largest absolute Gasteiger partial charge is 0.381 e. The first-order valence-corrected chi connectivity index (χ1v) is 7.88. The number of carbonyl (C=O) groups is 1. The zero-order valence-electron chi connectivity index (χ0n) is 12.9. The van der Waals surface area contributed by atoms with Gasteiger partial charge in [0.2, 0.25) is 0 Å². The topological polar surface area (TPSA) is 54.0 Å². The number of nitrogens with zero attached hydrogens (tertiary/aromatic N) is 1. The van der Waals surface area contributed by atoms with Crippen molar-refractivity contribution in [2.24, 2.45) is 0 Å². The Balaban J connectivity index is 1.58. The molecule has 2 aromatic carbocycles. The second-order valence-electron chi connectivity index (χ2n) is 5.25. The van der Waals surface area contributed by atoms with Gasteiger partial charge in [0.05, 0.1) is 0 Å². The van der Waals surface area contributed by atoms with Crippen LogP contribution in [0, 0.1) is 0 Å². The van der Waals surface area contributed by atoms with Crippen molar-refractivity contribution in [2.45, 2.75) is 6.54 Å². The number of anilines is 2. The number of benzene rings is 2. The van der Waals surface area contributed by atoms with Gasteiger partial charge in [0.25, 0.3) is 5.91 Å². The maximum absolute atomic E-state index is 12.1. The molecule has 1 heterocycles. The summed E-state index contributed by atoms with van der Waals surface area (Å²) >= 11 is 5.83. The average Bonchev–Trinajstić information content (AvgIpc) is 2.62. The van der Waals surface area contributed by atoms with Crippen LogP contribution in [-0.2, 0) is 6.54 Å². The number of aromatic nitrogens is 1. The van der Waals surface area contributed by atoms with Crippen molar-refractivity contribution in [3.05, 3.63) is 89.2 Å². The first kappa shape index (κ1) is 16.0. The molecule has 0 atom stereocenters. The van der Waals surface area contributed by atoms with Gasteiger partial charge in [-0.2, -0.15) is 0 Å². The molecule has 0 aliphatic heterocycles. The molecule has 0 aliphatic rings. The summed E-state index contributed by atoms with van der Waals surface area (Å²) in [7, 11) is 0. The molecule has 0 spiro atoms. The highest BCUT2D eigenvalue weighted by Crippen LogP contribution is 2.16. The maximum Gasteiger partial charge on any atom is 0.255 e. The van der Waals surface area contributed by atoms with Gasteiger partial charge in [-0.05, 0) is 66.2 Å². The van der Waals surface area contributed by atoms with E-state index in [-0.39, 0.29) is 5.91 Å². The first-order chi connectivity index (χ1) is 11.7. The molecule has 1 amide bonds. The van der Waals surface area contributed by atoms with Crippen molar-refractivity contribution in [1.82, 2.24) is 4.98 Å². The van der Waals surface area contributed by atoms with Gasteiger partial charge in [-0.3, -0.25) is 9.78 Å². The lowest BCUT2D eigenvalue weighted by atomic mass is 10.2. The normalized spacial score (nSPS) is 10.2. The number of rotatable bonds is 5. The van der Waals surface area contributed by atoms with Gasteiger partial charge in [-0.15, -0.1) is 0 Å². The van der Waals surface area contributed by atoms with Crippen LogP contribution in [0.1, 0.15) is 15.9 Å². The van der Waals surface area contributed by atoms with Crippen LogP contribution < -0.4 is 10.6 Å². The standard InChI is InChI=1S/C19H16ClN3O/c20-16-3-1-15(2-4-16)19(24)23-18-7-5-17(6-8-18)22-13-14-9-11-21-12-10-14/h1-12,22H,13H2,(H,23,24). The zero-order chi connectivity index (χ0) is 16.8. The van der Waals surface area contributed by atoms with Crippen molar-refractivity contribution in [1.29, 1.82) is 0 Å². The Bertz CT molecular complexity index is 802. The molecule has 0 unspecified atom stereocenters. The van der Waals surface area contributed by atoms with Gasteiger partial charge in [-0.25, -0.2) is 0 Å². The van der Waals surface area contributed by atoms with Gasteiger partial charge in [0.1, 0.15) is 0 Å². The minimum atomic E-state index is -0.163. The van der Waals surface area contributed by atoms with Gasteiger partial charge in [-0.1, -0.05) is 11.6 Å². The van der Waals surface area contributed by atoms with Crippen LogP contribution >= 0.6 is 11.6 Å². The molecule has 0 fully saturated rings. The van der Waals surface area contributed by atoms with E-state index in [1.165, 1.54) is 0 Å². The predicted molar refractivity (Wildman–Crippen MR) is 97.4 cm³/mol. The number of pyridine rings is 1. The quantitative estimate of drug-likeness (QED) is 0.715. The molecule has 2 N–H and O–H groups in total. The van der Waals surface area contributed by atoms with E-state index >= 15 is 0 Å². The van der Waals surface area contributed by atoms with Crippen LogP contribution in [0.2, 0.25) is 5.02 Å². The molecule has 0 aliphatic carbocycles. The number of hydrogen-bond donors (Lipinski definition) is 2. The molecule has 0 bridgehead atoms. The van der Waals surface area contributed by atoms with E-state index in [1.54, 1.807) is 36.7 Å². The summed E-state index contributed by atoms with van der Waals surface area (Å²) in [4.78, 5) is 16.1. The molecule has 5 heteroatoms. The lowest BCUT2D eigenvalue weighted by Crippen LogP contribution is -2.11. The van der Waals surface area contributed by atoms with E-state index < -0.39 is 0 Å². The smallest absolute Gasteiger partial charge is 0.255 e. The second kappa shape index (κ2) is 7.62. The number of halogens is 1. The fourth-order valence-electron chi connectivity index (χ4n) is 2.18. The average molecular weight is 338 g/mol. The summed E-state index contributed by atoms with van der Waals surface area (Å²) < 4.78 is 0. The van der Waals surface area contributed by atoms with Crippen LogP contribution in [0.3, 0.4) is 0 Å². The predicted octanol–water partition coefficient (Wildman–Crippen LogP) is 4.60. The highest BCUT2D eigenvalue weighted by atomic mass is 35.5. The summed E-state index contributed by atoms with van der Waals surface area (Å²) in [6, 6.07) is 18.3. The van der Waals surface area contributed by atoms with Crippen molar-refractivity contribution in [2.75, 3.05) is 10.6 Å². The van der Waals surface area contributed by atoms with Crippen LogP contribution in [0.5, 0.6) is 0 Å². The Morgan fingerprint density at radius 1 is 0.875 bits per heavy atom. The van der Waals surface area contributed by atoms with E-state index in [1.807, 2.05) is 36.4 Å². The summed E-state index contributed by atoms with van der Waals surface area (Å²) in [5.41, 5.74) is 3.45. The summed E-state index contributed by atoms with van der Waals surface area (Å²) in [6.07, 6.45) is 3.54. The van der Waals surface area contributed by atoms with Crippen molar-refractivity contribution in [3.8, 4) is 0 Å². The number of carbonyl (C=O) groups excluding carboxylic acids is 1. The lowest BCUT2D eigenvalue weighted by Gasteiger charge is -2.09. The zero-order valence-corrected chi connectivity index (χ0v) is 13.6. The molecule has 3 aromatic rings. The molecule has 0 radical (unpaired) electrons. The van der Waals surface area contributed by atoms with Gasteiger partial charge in [0, 0.05) is 40.9 Å². The third-order valence-electron chi connectivity index (χ3n) is 3.50. The third kappa shape index (κ3) is 4.33. The molecule has 120 valence electrons. The molecule has 0 saturated carbocycles. The van der Waals surface area contributed by atoms with Crippen LogP contribution in [0.25, 0.3) is 0 Å². The van der Waals surface area contributed by atoms with E-state index in [2.05, 4.69) is 15.6 Å². The molecule has 3 rings (SSSR count). The van der Waals surface area contributed by atoms with Gasteiger partial charge in [0.15, 0.2) is 0 Å². The van der Waals surface area contributed by atoms with Crippen molar-refractivity contribution < 1.29 is 4.79 Å². The monoisotopic (exact) mass is 337 g/mol. The van der Waals surface area contributed by atoms with Crippen molar-refractivity contribution in [3.63, 3.8) is 0 Å². The second-order valence-corrected chi connectivity index (χ2v) is 5.68. The summed E-state index contributed by atoms with van der Waals surface area (Å²) in [5.74, 6) is -0.163. The van der Waals surface area contributed by atoms with E-state index in [4.69, 9.17) is 11.6 Å².